The predicted octanol–water partition coefficient (Wildman–Crippen LogP) is 22.8. The molecule has 378 valence electrons. The minimum Gasteiger partial charge on any atom is -0.466 e. The summed E-state index contributed by atoms with van der Waals surface area (Å²) in [4.78, 5) is 12.1. The number of hydrogen-bond donors (Lipinski definition) is 0. The van der Waals surface area contributed by atoms with E-state index in [1.54, 1.807) is 0 Å². The molecule has 0 aromatic carbocycles. The summed E-state index contributed by atoms with van der Waals surface area (Å²) in [7, 11) is 0. The van der Waals surface area contributed by atoms with Crippen molar-refractivity contribution in [2.75, 3.05) is 6.61 Å². The van der Waals surface area contributed by atoms with Gasteiger partial charge >= 0.3 is 5.97 Å². The van der Waals surface area contributed by atoms with Gasteiger partial charge < -0.3 is 4.74 Å². The normalized spacial score (nSPS) is 11.6. The topological polar surface area (TPSA) is 26.3 Å². The van der Waals surface area contributed by atoms with Crippen LogP contribution in [0.4, 0.5) is 0 Å². The van der Waals surface area contributed by atoms with Gasteiger partial charge in [0.25, 0.3) is 0 Å². The summed E-state index contributed by atoms with van der Waals surface area (Å²) in [6.07, 6.45) is 80.2. The van der Waals surface area contributed by atoms with Gasteiger partial charge in [0, 0.05) is 6.42 Å². The molecule has 2 nitrogen and oxygen atoms in total. The minimum absolute atomic E-state index is 0.0369. The number of carbonyl (C=O) groups is 1. The van der Waals surface area contributed by atoms with E-state index in [1.165, 1.54) is 347 Å². The maximum absolute atomic E-state index is 12.1. The van der Waals surface area contributed by atoms with Crippen LogP contribution in [0.5, 0.6) is 0 Å². The molecular weight excluding hydrogens is 765 g/mol. The molecule has 0 N–H and O–H groups in total. The molecule has 0 fully saturated rings. The van der Waals surface area contributed by atoms with Crippen LogP contribution in [0, 0.1) is 0 Å². The van der Waals surface area contributed by atoms with Crippen molar-refractivity contribution in [2.45, 2.75) is 380 Å². The van der Waals surface area contributed by atoms with Crippen LogP contribution in [0.25, 0.3) is 0 Å². The van der Waals surface area contributed by atoms with Crippen LogP contribution in [-0.2, 0) is 9.53 Å². The zero-order chi connectivity index (χ0) is 45.3. The molecule has 0 radical (unpaired) electrons. The largest absolute Gasteiger partial charge is 0.466 e. The standard InChI is InChI=1S/C61H122O2/c1-3-5-7-9-11-13-15-17-19-21-23-25-27-29-31-33-35-37-39-41-43-45-47-49-51-53-55-57-59-61(62)63-60-58-56-54-52-50-48-46-44-42-40-38-36-34-32-30-28-26-24-22-20-18-16-14-12-10-8-6-4-2/h3-60H2,1-2H3. The summed E-state index contributed by atoms with van der Waals surface area (Å²) in [5.41, 5.74) is 0. The van der Waals surface area contributed by atoms with Gasteiger partial charge in [-0.15, -0.1) is 0 Å². The van der Waals surface area contributed by atoms with E-state index in [4.69, 9.17) is 4.74 Å². The van der Waals surface area contributed by atoms with Crippen LogP contribution in [0.3, 0.4) is 0 Å². The lowest BCUT2D eigenvalue weighted by atomic mass is 10.0. The van der Waals surface area contributed by atoms with E-state index in [-0.39, 0.29) is 5.97 Å². The second-order valence-electron chi connectivity index (χ2n) is 21.1. The lowest BCUT2D eigenvalue weighted by Crippen LogP contribution is -2.05. The van der Waals surface area contributed by atoms with Crippen LogP contribution < -0.4 is 0 Å². The van der Waals surface area contributed by atoms with Crippen LogP contribution in [0.2, 0.25) is 0 Å². The summed E-state index contributed by atoms with van der Waals surface area (Å²) in [5, 5.41) is 0. The Morgan fingerprint density at radius 1 is 0.206 bits per heavy atom. The highest BCUT2D eigenvalue weighted by molar-refractivity contribution is 5.69. The summed E-state index contributed by atoms with van der Waals surface area (Å²) in [5.74, 6) is 0.0369. The Labute approximate surface area is 400 Å². The molecule has 0 amide bonds. The van der Waals surface area contributed by atoms with Gasteiger partial charge in [0.1, 0.15) is 0 Å². The van der Waals surface area contributed by atoms with Crippen molar-refractivity contribution in [2.24, 2.45) is 0 Å². The van der Waals surface area contributed by atoms with Crippen molar-refractivity contribution in [1.29, 1.82) is 0 Å². The maximum atomic E-state index is 12.1. The van der Waals surface area contributed by atoms with Crippen molar-refractivity contribution >= 4 is 5.97 Å². The average Bonchev–Trinajstić information content (AvgIpc) is 3.29. The van der Waals surface area contributed by atoms with Crippen molar-refractivity contribution in [3.63, 3.8) is 0 Å². The molecule has 0 saturated carbocycles. The van der Waals surface area contributed by atoms with Crippen LogP contribution in [0.1, 0.15) is 380 Å². The fourth-order valence-corrected chi connectivity index (χ4v) is 9.97. The van der Waals surface area contributed by atoms with E-state index in [2.05, 4.69) is 13.8 Å². The van der Waals surface area contributed by atoms with Gasteiger partial charge in [-0.25, -0.2) is 0 Å². The lowest BCUT2D eigenvalue weighted by molar-refractivity contribution is -0.143. The second kappa shape index (κ2) is 59.5. The molecule has 63 heavy (non-hydrogen) atoms. The zero-order valence-electron chi connectivity index (χ0n) is 44.3. The van der Waals surface area contributed by atoms with E-state index in [1.807, 2.05) is 0 Å². The quantitative estimate of drug-likeness (QED) is 0.0449. The Kier molecular flexibility index (Phi) is 59.0. The number of rotatable bonds is 58. The molecule has 0 aliphatic rings. The Balaban J connectivity index is 3.14. The SMILES string of the molecule is CCCCCCCCCCCCCCCCCCCCCCCCCCCCCCOC(=O)CCCCCCCCCCCCCCCCCCCCCCCCCCCCCC. The average molecular weight is 888 g/mol. The first-order valence-corrected chi connectivity index (χ1v) is 30.5. The summed E-state index contributed by atoms with van der Waals surface area (Å²) >= 11 is 0. The van der Waals surface area contributed by atoms with Gasteiger partial charge in [0.05, 0.1) is 6.61 Å². The first-order chi connectivity index (χ1) is 31.3. The molecule has 0 rings (SSSR count). The molecule has 2 heteroatoms. The van der Waals surface area contributed by atoms with Crippen molar-refractivity contribution in [3.05, 3.63) is 0 Å². The highest BCUT2D eigenvalue weighted by Crippen LogP contribution is 2.19. The number of carbonyl (C=O) groups excluding carboxylic acids is 1. The van der Waals surface area contributed by atoms with Gasteiger partial charge in [-0.3, -0.25) is 4.79 Å². The summed E-state index contributed by atoms with van der Waals surface area (Å²) < 4.78 is 5.52. The van der Waals surface area contributed by atoms with E-state index < -0.39 is 0 Å². The first-order valence-electron chi connectivity index (χ1n) is 30.5. The Morgan fingerprint density at radius 3 is 0.524 bits per heavy atom. The lowest BCUT2D eigenvalue weighted by Gasteiger charge is -2.06. The second-order valence-corrected chi connectivity index (χ2v) is 21.1. The highest BCUT2D eigenvalue weighted by Gasteiger charge is 2.03. The fourth-order valence-electron chi connectivity index (χ4n) is 9.97. The molecule has 0 spiro atoms. The van der Waals surface area contributed by atoms with Gasteiger partial charge in [-0.2, -0.15) is 0 Å². The van der Waals surface area contributed by atoms with Crippen LogP contribution in [0.15, 0.2) is 0 Å². The van der Waals surface area contributed by atoms with E-state index in [0.717, 1.165) is 12.8 Å². The summed E-state index contributed by atoms with van der Waals surface area (Å²) in [6.45, 7) is 5.25. The van der Waals surface area contributed by atoms with Gasteiger partial charge in [-0.05, 0) is 12.8 Å². The molecule has 0 aromatic rings. The third kappa shape index (κ3) is 59.5. The molecule has 0 aliphatic carbocycles. The summed E-state index contributed by atoms with van der Waals surface area (Å²) in [6, 6.07) is 0. The smallest absolute Gasteiger partial charge is 0.305 e. The third-order valence-electron chi connectivity index (χ3n) is 14.5. The van der Waals surface area contributed by atoms with Gasteiger partial charge in [0.15, 0.2) is 0 Å². The van der Waals surface area contributed by atoms with Crippen LogP contribution >= 0.6 is 0 Å². The van der Waals surface area contributed by atoms with Crippen molar-refractivity contribution in [3.8, 4) is 0 Å². The number of unbranched alkanes of at least 4 members (excludes halogenated alkanes) is 54. The Morgan fingerprint density at radius 2 is 0.349 bits per heavy atom. The number of hydrogen-bond acceptors (Lipinski definition) is 2. The third-order valence-corrected chi connectivity index (χ3v) is 14.5. The maximum Gasteiger partial charge on any atom is 0.305 e. The van der Waals surface area contributed by atoms with E-state index >= 15 is 0 Å². The van der Waals surface area contributed by atoms with Gasteiger partial charge in [0.2, 0.25) is 0 Å². The zero-order valence-corrected chi connectivity index (χ0v) is 44.3. The highest BCUT2D eigenvalue weighted by atomic mass is 16.5. The molecule has 0 atom stereocenters. The fraction of sp³-hybridized carbons (Fsp3) is 0.984. The van der Waals surface area contributed by atoms with E-state index in [0.29, 0.717) is 13.0 Å². The first kappa shape index (κ1) is 62.5. The molecule has 0 aromatic heterocycles. The van der Waals surface area contributed by atoms with Crippen LogP contribution in [-0.4, -0.2) is 12.6 Å². The minimum atomic E-state index is 0.0369. The molecule has 0 saturated heterocycles. The van der Waals surface area contributed by atoms with Crippen molar-refractivity contribution < 1.29 is 9.53 Å². The molecule has 0 unspecified atom stereocenters. The Hall–Kier alpha value is -0.530. The van der Waals surface area contributed by atoms with Crippen molar-refractivity contribution in [1.82, 2.24) is 0 Å². The molecule has 0 aliphatic heterocycles. The predicted molar refractivity (Wildman–Crippen MR) is 285 cm³/mol. The van der Waals surface area contributed by atoms with E-state index in [9.17, 15) is 4.79 Å². The molecule has 0 heterocycles. The molecular formula is C61H122O2. The number of ether oxygens (including phenoxy) is 1. The Bertz CT molecular complexity index is 792. The monoisotopic (exact) mass is 887 g/mol. The number of esters is 1. The van der Waals surface area contributed by atoms with Gasteiger partial charge in [-0.1, -0.05) is 361 Å². The molecule has 0 bridgehead atoms.